The van der Waals surface area contributed by atoms with Crippen LogP contribution in [-0.4, -0.2) is 11.1 Å². The van der Waals surface area contributed by atoms with Crippen molar-refractivity contribution in [1.82, 2.24) is 0 Å². The zero-order valence-corrected chi connectivity index (χ0v) is 12.4. The molecule has 0 heterocycles. The molecule has 110 valence electrons. The lowest BCUT2D eigenvalue weighted by molar-refractivity contribution is -0.141. The van der Waals surface area contributed by atoms with Gasteiger partial charge in [0.25, 0.3) is 0 Å². The molecular formula is C17H16ClFO2. The zero-order valence-electron chi connectivity index (χ0n) is 11.6. The molecule has 0 fully saturated rings. The molecule has 0 radical (unpaired) electrons. The highest BCUT2D eigenvalue weighted by Gasteiger charge is 2.20. The highest BCUT2D eigenvalue weighted by atomic mass is 35.5. The molecule has 0 spiro atoms. The molecule has 0 aliphatic rings. The molecule has 0 aromatic heterocycles. The van der Waals surface area contributed by atoms with Crippen molar-refractivity contribution in [1.29, 1.82) is 0 Å². The van der Waals surface area contributed by atoms with Crippen molar-refractivity contribution in [2.75, 3.05) is 0 Å². The van der Waals surface area contributed by atoms with Gasteiger partial charge in [-0.1, -0.05) is 53.6 Å². The van der Waals surface area contributed by atoms with Crippen molar-refractivity contribution in [3.8, 4) is 0 Å². The van der Waals surface area contributed by atoms with Crippen LogP contribution in [0.1, 0.15) is 16.7 Å². The highest BCUT2D eigenvalue weighted by molar-refractivity contribution is 6.31. The van der Waals surface area contributed by atoms with Crippen molar-refractivity contribution < 1.29 is 14.3 Å². The Labute approximate surface area is 128 Å². The summed E-state index contributed by atoms with van der Waals surface area (Å²) < 4.78 is 13.4. The molecule has 0 saturated carbocycles. The van der Waals surface area contributed by atoms with Gasteiger partial charge < -0.3 is 5.11 Å². The molecule has 2 aromatic rings. The van der Waals surface area contributed by atoms with Gasteiger partial charge in [-0.25, -0.2) is 4.39 Å². The van der Waals surface area contributed by atoms with Crippen molar-refractivity contribution in [2.24, 2.45) is 5.92 Å². The van der Waals surface area contributed by atoms with Gasteiger partial charge in [-0.15, -0.1) is 0 Å². The predicted octanol–water partition coefficient (Wildman–Crippen LogP) is 4.27. The van der Waals surface area contributed by atoms with Crippen LogP contribution in [0.4, 0.5) is 4.39 Å². The lowest BCUT2D eigenvalue weighted by Gasteiger charge is -2.14. The first-order valence-corrected chi connectivity index (χ1v) is 7.06. The summed E-state index contributed by atoms with van der Waals surface area (Å²) in [7, 11) is 0. The van der Waals surface area contributed by atoms with Crippen LogP contribution in [0.25, 0.3) is 0 Å². The first kappa shape index (κ1) is 15.5. The minimum atomic E-state index is -0.907. The standard InChI is InChI=1S/C17H16ClFO2/c1-11-5-7-12(8-6-11)9-14(17(20)21)10-13-3-2-4-15(19)16(13)18/h2-8,14H,9-10H2,1H3,(H,20,21). The largest absolute Gasteiger partial charge is 0.481 e. The fourth-order valence-electron chi connectivity index (χ4n) is 2.23. The van der Waals surface area contributed by atoms with E-state index in [2.05, 4.69) is 0 Å². The Morgan fingerprint density at radius 2 is 1.86 bits per heavy atom. The lowest BCUT2D eigenvalue weighted by atomic mass is 9.92. The summed E-state index contributed by atoms with van der Waals surface area (Å²) in [6.07, 6.45) is 0.599. The molecule has 4 heteroatoms. The van der Waals surface area contributed by atoms with Gasteiger partial charge in [-0.2, -0.15) is 0 Å². The lowest BCUT2D eigenvalue weighted by Crippen LogP contribution is -2.19. The van der Waals surface area contributed by atoms with E-state index in [1.807, 2.05) is 31.2 Å². The van der Waals surface area contributed by atoms with Crippen LogP contribution in [0, 0.1) is 18.7 Å². The van der Waals surface area contributed by atoms with Crippen LogP contribution < -0.4 is 0 Å². The maximum Gasteiger partial charge on any atom is 0.307 e. The van der Waals surface area contributed by atoms with Gasteiger partial charge in [0.1, 0.15) is 5.82 Å². The average molecular weight is 307 g/mol. The molecule has 0 saturated heterocycles. The molecule has 2 aromatic carbocycles. The molecule has 0 aliphatic heterocycles. The van der Waals surface area contributed by atoms with Gasteiger partial charge in [-0.05, 0) is 37.0 Å². The normalized spacial score (nSPS) is 12.1. The van der Waals surface area contributed by atoms with Crippen LogP contribution in [0.5, 0.6) is 0 Å². The number of aliphatic carboxylic acids is 1. The second-order valence-corrected chi connectivity index (χ2v) is 5.52. The van der Waals surface area contributed by atoms with Crippen LogP contribution >= 0.6 is 11.6 Å². The number of aryl methyl sites for hydroxylation is 1. The van der Waals surface area contributed by atoms with Gasteiger partial charge in [0, 0.05) is 0 Å². The number of carboxylic acids is 1. The Morgan fingerprint density at radius 1 is 1.19 bits per heavy atom. The minimum absolute atomic E-state index is 0.00709. The van der Waals surface area contributed by atoms with E-state index >= 15 is 0 Å². The van der Waals surface area contributed by atoms with Crippen molar-refractivity contribution in [2.45, 2.75) is 19.8 Å². The Balaban J connectivity index is 2.18. The molecule has 0 aliphatic carbocycles. The molecule has 1 atom stereocenters. The fourth-order valence-corrected chi connectivity index (χ4v) is 2.43. The van der Waals surface area contributed by atoms with Gasteiger partial charge in [-0.3, -0.25) is 4.79 Å². The van der Waals surface area contributed by atoms with E-state index in [0.717, 1.165) is 11.1 Å². The number of carbonyl (C=O) groups is 1. The fraction of sp³-hybridized carbons (Fsp3) is 0.235. The summed E-state index contributed by atoms with van der Waals surface area (Å²) in [6.45, 7) is 1.98. The van der Waals surface area contributed by atoms with E-state index in [-0.39, 0.29) is 11.4 Å². The number of carboxylic acid groups (broad SMARTS) is 1. The average Bonchev–Trinajstić information content (AvgIpc) is 2.45. The SMILES string of the molecule is Cc1ccc(CC(Cc2cccc(F)c2Cl)C(=O)O)cc1. The summed E-state index contributed by atoms with van der Waals surface area (Å²) in [5.74, 6) is -2.06. The first-order valence-electron chi connectivity index (χ1n) is 6.68. The maximum absolute atomic E-state index is 13.4. The summed E-state index contributed by atoms with van der Waals surface area (Å²) in [5, 5.41) is 9.38. The molecular weight excluding hydrogens is 291 g/mol. The van der Waals surface area contributed by atoms with E-state index in [1.54, 1.807) is 12.1 Å². The maximum atomic E-state index is 13.4. The number of rotatable bonds is 5. The van der Waals surface area contributed by atoms with Gasteiger partial charge in [0.15, 0.2) is 0 Å². The third-order valence-electron chi connectivity index (χ3n) is 3.45. The number of halogens is 2. The molecule has 0 bridgehead atoms. The third-order valence-corrected chi connectivity index (χ3v) is 3.87. The predicted molar refractivity (Wildman–Crippen MR) is 81.1 cm³/mol. The Kier molecular flexibility index (Phi) is 4.97. The van der Waals surface area contributed by atoms with E-state index in [9.17, 15) is 14.3 Å². The van der Waals surface area contributed by atoms with Gasteiger partial charge in [0.05, 0.1) is 10.9 Å². The van der Waals surface area contributed by atoms with Crippen LogP contribution in [0.3, 0.4) is 0 Å². The number of benzene rings is 2. The molecule has 1 unspecified atom stereocenters. The van der Waals surface area contributed by atoms with Crippen LogP contribution in [-0.2, 0) is 17.6 Å². The molecule has 2 rings (SSSR count). The van der Waals surface area contributed by atoms with Crippen molar-refractivity contribution in [3.63, 3.8) is 0 Å². The quantitative estimate of drug-likeness (QED) is 0.895. The summed E-state index contributed by atoms with van der Waals surface area (Å²) in [5.41, 5.74) is 2.59. The zero-order chi connectivity index (χ0) is 15.4. The molecule has 1 N–H and O–H groups in total. The smallest absolute Gasteiger partial charge is 0.307 e. The van der Waals surface area contributed by atoms with Crippen molar-refractivity contribution >= 4 is 17.6 Å². The minimum Gasteiger partial charge on any atom is -0.481 e. The Bertz CT molecular complexity index is 638. The summed E-state index contributed by atoms with van der Waals surface area (Å²) in [4.78, 5) is 11.4. The summed E-state index contributed by atoms with van der Waals surface area (Å²) >= 11 is 5.90. The molecule has 2 nitrogen and oxygen atoms in total. The van der Waals surface area contributed by atoms with Crippen LogP contribution in [0.2, 0.25) is 5.02 Å². The van der Waals surface area contributed by atoms with E-state index in [4.69, 9.17) is 11.6 Å². The van der Waals surface area contributed by atoms with E-state index in [1.165, 1.54) is 6.07 Å². The third kappa shape index (κ3) is 4.05. The van der Waals surface area contributed by atoms with Gasteiger partial charge in [0.2, 0.25) is 0 Å². The highest BCUT2D eigenvalue weighted by Crippen LogP contribution is 2.24. The number of hydrogen-bond acceptors (Lipinski definition) is 1. The summed E-state index contributed by atoms with van der Waals surface area (Å²) in [6, 6.07) is 12.2. The monoisotopic (exact) mass is 306 g/mol. The second kappa shape index (κ2) is 6.72. The number of hydrogen-bond donors (Lipinski definition) is 1. The second-order valence-electron chi connectivity index (χ2n) is 5.14. The van der Waals surface area contributed by atoms with E-state index in [0.29, 0.717) is 12.0 Å². The van der Waals surface area contributed by atoms with Gasteiger partial charge >= 0.3 is 5.97 Å². The van der Waals surface area contributed by atoms with Crippen LogP contribution in [0.15, 0.2) is 42.5 Å². The topological polar surface area (TPSA) is 37.3 Å². The van der Waals surface area contributed by atoms with E-state index < -0.39 is 17.7 Å². The van der Waals surface area contributed by atoms with Crippen molar-refractivity contribution in [3.05, 3.63) is 70.0 Å². The molecule has 21 heavy (non-hydrogen) atoms. The first-order chi connectivity index (χ1) is 9.97. The molecule has 0 amide bonds. The Morgan fingerprint density at radius 3 is 2.48 bits per heavy atom. The Hall–Kier alpha value is -1.87.